The Bertz CT molecular complexity index is 168. The molecule has 0 spiro atoms. The average Bonchev–Trinajstić information content (AvgIpc) is 1.88. The van der Waals surface area contributed by atoms with Crippen LogP contribution in [0.3, 0.4) is 0 Å². The van der Waals surface area contributed by atoms with Crippen molar-refractivity contribution in [2.75, 3.05) is 6.26 Å². The smallest absolute Gasteiger partial charge is 0.258 e. The van der Waals surface area contributed by atoms with Gasteiger partial charge in [-0.1, -0.05) is 11.6 Å². The Kier molecular flexibility index (Phi) is 5.42. The van der Waals surface area contributed by atoms with E-state index >= 15 is 0 Å². The summed E-state index contributed by atoms with van der Waals surface area (Å²) in [5.74, 6) is -0.109. The largest absolute Gasteiger partial charge is 0.349 e. The number of carbonyl (C=O) groups is 1. The SMILES string of the molecule is CS/C(=C\Cl)C(=O)NC(C)C. The quantitative estimate of drug-likeness (QED) is 0.695. The fraction of sp³-hybridized carbons (Fsp3) is 0.571. The molecule has 0 heterocycles. The summed E-state index contributed by atoms with van der Waals surface area (Å²) in [5, 5.41) is 2.73. The number of carbonyl (C=O) groups excluding carboxylic acids is 1. The fourth-order valence-corrected chi connectivity index (χ4v) is 1.22. The van der Waals surface area contributed by atoms with Crippen molar-refractivity contribution in [1.29, 1.82) is 0 Å². The third kappa shape index (κ3) is 4.32. The molecule has 0 rings (SSSR count). The van der Waals surface area contributed by atoms with Gasteiger partial charge in [0.25, 0.3) is 5.91 Å². The Morgan fingerprint density at radius 3 is 2.45 bits per heavy atom. The molecule has 0 unspecified atom stereocenters. The van der Waals surface area contributed by atoms with E-state index in [4.69, 9.17) is 11.6 Å². The van der Waals surface area contributed by atoms with Gasteiger partial charge in [-0.2, -0.15) is 0 Å². The minimum absolute atomic E-state index is 0.109. The molecule has 0 saturated carbocycles. The first kappa shape index (κ1) is 10.8. The molecular formula is C7H12ClNOS. The molecule has 1 N–H and O–H groups in total. The Morgan fingerprint density at radius 2 is 2.18 bits per heavy atom. The van der Waals surface area contributed by atoms with E-state index in [1.54, 1.807) is 0 Å². The van der Waals surface area contributed by atoms with E-state index in [2.05, 4.69) is 5.32 Å². The predicted molar refractivity (Wildman–Crippen MR) is 50.7 cm³/mol. The number of rotatable bonds is 3. The van der Waals surface area contributed by atoms with Gasteiger partial charge in [0.2, 0.25) is 0 Å². The van der Waals surface area contributed by atoms with Gasteiger partial charge >= 0.3 is 0 Å². The molecule has 0 radical (unpaired) electrons. The third-order valence-corrected chi connectivity index (χ3v) is 2.05. The summed E-state index contributed by atoms with van der Waals surface area (Å²) >= 11 is 6.74. The molecule has 0 bridgehead atoms. The molecule has 4 heteroatoms. The standard InChI is InChI=1S/C7H12ClNOS/c1-5(2)9-7(10)6(4-8)11-3/h4-5H,1-3H3,(H,9,10)/b6-4-. The highest BCUT2D eigenvalue weighted by Gasteiger charge is 2.07. The van der Waals surface area contributed by atoms with Crippen LogP contribution in [-0.4, -0.2) is 18.2 Å². The van der Waals surface area contributed by atoms with Gasteiger partial charge in [0.05, 0.1) is 4.91 Å². The summed E-state index contributed by atoms with van der Waals surface area (Å²) in [6.45, 7) is 3.81. The summed E-state index contributed by atoms with van der Waals surface area (Å²) in [6, 6.07) is 0.154. The van der Waals surface area contributed by atoms with Gasteiger partial charge in [0.15, 0.2) is 0 Å². The van der Waals surface area contributed by atoms with Crippen molar-refractivity contribution >= 4 is 29.3 Å². The summed E-state index contributed by atoms with van der Waals surface area (Å²) in [4.78, 5) is 11.7. The van der Waals surface area contributed by atoms with Crippen molar-refractivity contribution in [3.8, 4) is 0 Å². The Balaban J connectivity index is 4.02. The number of amides is 1. The van der Waals surface area contributed by atoms with E-state index in [1.165, 1.54) is 17.3 Å². The topological polar surface area (TPSA) is 29.1 Å². The van der Waals surface area contributed by atoms with Crippen LogP contribution < -0.4 is 5.32 Å². The fourth-order valence-electron chi connectivity index (χ4n) is 0.520. The highest BCUT2D eigenvalue weighted by molar-refractivity contribution is 8.03. The van der Waals surface area contributed by atoms with Crippen LogP contribution in [0.4, 0.5) is 0 Å². The van der Waals surface area contributed by atoms with E-state index in [9.17, 15) is 4.79 Å². The second-order valence-electron chi connectivity index (χ2n) is 2.31. The zero-order valence-corrected chi connectivity index (χ0v) is 8.42. The van der Waals surface area contributed by atoms with E-state index in [0.29, 0.717) is 4.91 Å². The number of hydrogen-bond donors (Lipinski definition) is 1. The highest BCUT2D eigenvalue weighted by Crippen LogP contribution is 2.12. The van der Waals surface area contributed by atoms with Crippen LogP contribution in [-0.2, 0) is 4.79 Å². The summed E-state index contributed by atoms with van der Waals surface area (Å²) in [5.41, 5.74) is 1.29. The lowest BCUT2D eigenvalue weighted by Gasteiger charge is -2.08. The van der Waals surface area contributed by atoms with Gasteiger partial charge in [0, 0.05) is 11.6 Å². The number of hydrogen-bond acceptors (Lipinski definition) is 2. The summed E-state index contributed by atoms with van der Waals surface area (Å²) in [6.07, 6.45) is 1.81. The Morgan fingerprint density at radius 1 is 1.64 bits per heavy atom. The van der Waals surface area contributed by atoms with Gasteiger partial charge in [-0.15, -0.1) is 11.8 Å². The van der Waals surface area contributed by atoms with E-state index in [-0.39, 0.29) is 11.9 Å². The van der Waals surface area contributed by atoms with Crippen LogP contribution in [0.15, 0.2) is 10.4 Å². The maximum Gasteiger partial charge on any atom is 0.258 e. The molecular weight excluding hydrogens is 182 g/mol. The molecule has 2 nitrogen and oxygen atoms in total. The maximum absolute atomic E-state index is 11.1. The number of thioether (sulfide) groups is 1. The van der Waals surface area contributed by atoms with Crippen molar-refractivity contribution in [3.63, 3.8) is 0 Å². The van der Waals surface area contributed by atoms with Crippen molar-refractivity contribution in [2.24, 2.45) is 0 Å². The number of nitrogens with one attached hydrogen (secondary N) is 1. The van der Waals surface area contributed by atoms with Crippen molar-refractivity contribution < 1.29 is 4.79 Å². The minimum Gasteiger partial charge on any atom is -0.349 e. The zero-order valence-electron chi connectivity index (χ0n) is 6.85. The molecule has 0 aromatic heterocycles. The summed E-state index contributed by atoms with van der Waals surface area (Å²) in [7, 11) is 0. The zero-order chi connectivity index (χ0) is 8.85. The van der Waals surface area contributed by atoms with Crippen LogP contribution in [0.25, 0.3) is 0 Å². The molecule has 0 fully saturated rings. The first-order chi connectivity index (χ1) is 5.11. The van der Waals surface area contributed by atoms with Crippen molar-refractivity contribution in [1.82, 2.24) is 5.32 Å². The second kappa shape index (κ2) is 5.49. The average molecular weight is 194 g/mol. The van der Waals surface area contributed by atoms with Crippen LogP contribution in [0.1, 0.15) is 13.8 Å². The van der Waals surface area contributed by atoms with Gasteiger partial charge in [0.1, 0.15) is 0 Å². The van der Waals surface area contributed by atoms with Crippen LogP contribution in [0.5, 0.6) is 0 Å². The molecule has 11 heavy (non-hydrogen) atoms. The summed E-state index contributed by atoms with van der Waals surface area (Å²) < 4.78 is 0. The van der Waals surface area contributed by atoms with E-state index in [1.807, 2.05) is 20.1 Å². The van der Waals surface area contributed by atoms with E-state index in [0.717, 1.165) is 0 Å². The third-order valence-electron chi connectivity index (χ3n) is 0.963. The number of halogens is 1. The molecule has 1 amide bonds. The molecule has 0 aromatic carbocycles. The lowest BCUT2D eigenvalue weighted by Crippen LogP contribution is -2.30. The van der Waals surface area contributed by atoms with Gasteiger partial charge in [-0.25, -0.2) is 0 Å². The van der Waals surface area contributed by atoms with Gasteiger partial charge < -0.3 is 5.32 Å². The predicted octanol–water partition coefficient (Wildman–Crippen LogP) is 1.95. The first-order valence-electron chi connectivity index (χ1n) is 3.27. The highest BCUT2D eigenvalue weighted by atomic mass is 35.5. The normalized spacial score (nSPS) is 11.9. The second-order valence-corrected chi connectivity index (χ2v) is 3.37. The lowest BCUT2D eigenvalue weighted by molar-refractivity contribution is -0.117. The van der Waals surface area contributed by atoms with Crippen LogP contribution in [0, 0.1) is 0 Å². The Labute approximate surface area is 76.4 Å². The molecule has 0 aromatic rings. The molecule has 0 aliphatic heterocycles. The first-order valence-corrected chi connectivity index (χ1v) is 4.93. The molecule has 0 aliphatic carbocycles. The monoisotopic (exact) mass is 193 g/mol. The lowest BCUT2D eigenvalue weighted by atomic mass is 10.4. The van der Waals surface area contributed by atoms with Crippen molar-refractivity contribution in [3.05, 3.63) is 10.4 Å². The Hall–Kier alpha value is -0.150. The molecule has 0 aliphatic rings. The molecule has 0 saturated heterocycles. The minimum atomic E-state index is -0.109. The molecule has 64 valence electrons. The maximum atomic E-state index is 11.1. The van der Waals surface area contributed by atoms with Gasteiger partial charge in [-0.3, -0.25) is 4.79 Å². The van der Waals surface area contributed by atoms with Crippen LogP contribution in [0.2, 0.25) is 0 Å². The molecule has 0 atom stereocenters. The van der Waals surface area contributed by atoms with Crippen molar-refractivity contribution in [2.45, 2.75) is 19.9 Å². The van der Waals surface area contributed by atoms with Gasteiger partial charge in [-0.05, 0) is 20.1 Å². The van der Waals surface area contributed by atoms with E-state index < -0.39 is 0 Å². The van der Waals surface area contributed by atoms with Crippen LogP contribution >= 0.6 is 23.4 Å².